The van der Waals surface area contributed by atoms with Crippen molar-refractivity contribution in [3.05, 3.63) is 76.3 Å². The third-order valence-corrected chi connectivity index (χ3v) is 7.65. The Morgan fingerprint density at radius 1 is 1.00 bits per heavy atom. The number of likely N-dealkylation sites (N-methyl/N-ethyl adjacent to an activating group) is 1. The Hall–Kier alpha value is -3.48. The van der Waals surface area contributed by atoms with Crippen molar-refractivity contribution >= 4 is 52.5 Å². The number of amides is 2. The second-order valence-corrected chi connectivity index (χ2v) is 10.8. The first-order valence-corrected chi connectivity index (χ1v) is 13.7. The van der Waals surface area contributed by atoms with Gasteiger partial charge in [0.2, 0.25) is 0 Å². The second-order valence-electron chi connectivity index (χ2n) is 8.66. The largest absolute Gasteiger partial charge is 0.573 e. The number of hydrogen-bond acceptors (Lipinski definition) is 7. The van der Waals surface area contributed by atoms with Gasteiger partial charge >= 0.3 is 6.36 Å². The molecule has 4 rings (SSSR count). The summed E-state index contributed by atoms with van der Waals surface area (Å²) in [6, 6.07) is 15.3. The lowest BCUT2D eigenvalue weighted by Gasteiger charge is -2.34. The van der Waals surface area contributed by atoms with Crippen molar-refractivity contribution in [3.63, 3.8) is 0 Å². The van der Waals surface area contributed by atoms with Gasteiger partial charge in [-0.15, -0.1) is 13.2 Å². The van der Waals surface area contributed by atoms with E-state index in [2.05, 4.69) is 10.1 Å². The molecule has 1 aliphatic rings. The molecule has 1 aliphatic heterocycles. The Bertz CT molecular complexity index is 1390. The first-order valence-electron chi connectivity index (χ1n) is 12.1. The predicted molar refractivity (Wildman–Crippen MR) is 149 cm³/mol. The van der Waals surface area contributed by atoms with Gasteiger partial charge in [0.1, 0.15) is 29.5 Å². The fourth-order valence-corrected chi connectivity index (χ4v) is 5.60. The monoisotopic (exact) mass is 629 g/mol. The molecule has 218 valence electrons. The number of carbonyl (C=O) groups excluding carboxylic acids is 2. The third-order valence-electron chi connectivity index (χ3n) is 5.81. The maximum absolute atomic E-state index is 13.0. The number of rotatable bonds is 10. The van der Waals surface area contributed by atoms with E-state index >= 15 is 0 Å². The Balaban J connectivity index is 1.34. The smallest absolute Gasteiger partial charge is 0.487 e. The molecule has 1 N–H and O–H groups in total. The lowest BCUT2D eigenvalue weighted by atomic mass is 10.2. The molecule has 1 heterocycles. The van der Waals surface area contributed by atoms with Gasteiger partial charge in [-0.1, -0.05) is 47.1 Å². The van der Waals surface area contributed by atoms with Gasteiger partial charge in [0.05, 0.1) is 11.9 Å². The average Bonchev–Trinajstić information content (AvgIpc) is 3.26. The van der Waals surface area contributed by atoms with E-state index in [0.717, 1.165) is 17.0 Å². The molecule has 0 bridgehead atoms. The van der Waals surface area contributed by atoms with Crippen LogP contribution in [0.4, 0.5) is 18.9 Å². The summed E-state index contributed by atoms with van der Waals surface area (Å²) in [5, 5.41) is 6.46. The van der Waals surface area contributed by atoms with Crippen molar-refractivity contribution in [2.75, 3.05) is 25.2 Å². The molecule has 14 heteroatoms. The number of hydrogen-bond donors (Lipinski definition) is 1. The topological polar surface area (TPSA) is 80.3 Å². The number of ether oxygens (including phenoxy) is 3. The van der Waals surface area contributed by atoms with E-state index in [1.165, 1.54) is 17.1 Å². The Morgan fingerprint density at radius 3 is 2.29 bits per heavy atom. The Kier molecular flexibility index (Phi) is 9.67. The van der Waals surface area contributed by atoms with Crippen molar-refractivity contribution in [2.24, 2.45) is 0 Å². The van der Waals surface area contributed by atoms with Crippen LogP contribution in [-0.4, -0.2) is 48.8 Å². The minimum absolute atomic E-state index is 0.119. The van der Waals surface area contributed by atoms with Gasteiger partial charge in [0.25, 0.3) is 11.8 Å². The minimum atomic E-state index is -4.81. The summed E-state index contributed by atoms with van der Waals surface area (Å²) < 4.78 is 52.0. The molecule has 0 aliphatic carbocycles. The van der Waals surface area contributed by atoms with Gasteiger partial charge in [-0.2, -0.15) is 0 Å². The molecule has 41 heavy (non-hydrogen) atoms. The molecule has 2 amide bonds. The number of fused-ring (bicyclic) bond motifs is 1. The molecule has 0 saturated heterocycles. The van der Waals surface area contributed by atoms with Crippen molar-refractivity contribution < 1.29 is 37.0 Å². The van der Waals surface area contributed by atoms with E-state index in [9.17, 15) is 22.8 Å². The highest BCUT2D eigenvalue weighted by Gasteiger charge is 2.35. The van der Waals surface area contributed by atoms with Gasteiger partial charge in [0.15, 0.2) is 6.61 Å². The zero-order valence-corrected chi connectivity index (χ0v) is 24.0. The highest BCUT2D eigenvalue weighted by atomic mass is 35.5. The van der Waals surface area contributed by atoms with Crippen LogP contribution >= 0.6 is 35.0 Å². The predicted octanol–water partition coefficient (Wildman–Crippen LogP) is 6.30. The maximum Gasteiger partial charge on any atom is 0.573 e. The quantitative estimate of drug-likeness (QED) is 0.282. The Labute approximate surface area is 248 Å². The zero-order valence-electron chi connectivity index (χ0n) is 21.7. The number of anilines is 1. The number of hydrazine groups is 1. The summed E-state index contributed by atoms with van der Waals surface area (Å²) >= 11 is 14.1. The first-order chi connectivity index (χ1) is 19.4. The number of alkyl halides is 3. The molecule has 1 atom stereocenters. The van der Waals surface area contributed by atoms with Gasteiger partial charge < -0.3 is 19.5 Å². The number of para-hydroxylation sites is 1. The van der Waals surface area contributed by atoms with E-state index in [0.29, 0.717) is 27.0 Å². The van der Waals surface area contributed by atoms with Crippen LogP contribution in [0.3, 0.4) is 0 Å². The summed E-state index contributed by atoms with van der Waals surface area (Å²) in [6.45, 7) is 1.28. The van der Waals surface area contributed by atoms with Crippen LogP contribution in [0, 0.1) is 0 Å². The van der Waals surface area contributed by atoms with E-state index in [4.69, 9.17) is 32.7 Å². The molecule has 0 aromatic heterocycles. The molecule has 0 radical (unpaired) electrons. The standard InChI is InChI=1S/C27H24Cl2F3N3O5S/c1-16-35(26-22(7-4-8-23(26)41-16)39-14-19-20(28)5-3-6-21(19)29)34(2)25(37)13-33-24(36)15-38-17-9-11-18(12-10-17)40-27(30,31)32/h3-12,16H,13-15H2,1-2H3,(H,33,36). The van der Waals surface area contributed by atoms with E-state index < -0.39 is 30.5 Å². The summed E-state index contributed by atoms with van der Waals surface area (Å²) in [6.07, 6.45) is -4.81. The van der Waals surface area contributed by atoms with Crippen LogP contribution < -0.4 is 24.5 Å². The van der Waals surface area contributed by atoms with Crippen LogP contribution in [-0.2, 0) is 16.2 Å². The SMILES string of the molecule is CC1Sc2cccc(OCc3c(Cl)cccc3Cl)c2N1N(C)C(=O)CNC(=O)COc1ccc(OC(F)(F)F)cc1. The van der Waals surface area contributed by atoms with E-state index in [1.807, 2.05) is 19.1 Å². The van der Waals surface area contributed by atoms with Crippen LogP contribution in [0.25, 0.3) is 0 Å². The van der Waals surface area contributed by atoms with Gasteiger partial charge in [-0.25, -0.2) is 0 Å². The number of carbonyl (C=O) groups is 2. The number of thioether (sulfide) groups is 1. The van der Waals surface area contributed by atoms with Crippen LogP contribution in [0.5, 0.6) is 17.2 Å². The molecular formula is C27H24Cl2F3N3O5S. The molecule has 8 nitrogen and oxygen atoms in total. The van der Waals surface area contributed by atoms with Crippen molar-refractivity contribution in [2.45, 2.75) is 30.2 Å². The zero-order chi connectivity index (χ0) is 29.7. The molecule has 0 spiro atoms. The highest BCUT2D eigenvalue weighted by molar-refractivity contribution is 8.00. The lowest BCUT2D eigenvalue weighted by Crippen LogP contribution is -2.50. The van der Waals surface area contributed by atoms with Crippen molar-refractivity contribution in [1.29, 1.82) is 0 Å². The van der Waals surface area contributed by atoms with Gasteiger partial charge in [-0.05, 0) is 55.5 Å². The molecular weight excluding hydrogens is 606 g/mol. The summed E-state index contributed by atoms with van der Waals surface area (Å²) in [5.41, 5.74) is 1.33. The summed E-state index contributed by atoms with van der Waals surface area (Å²) in [4.78, 5) is 26.2. The molecule has 0 fully saturated rings. The molecule has 0 saturated carbocycles. The van der Waals surface area contributed by atoms with Crippen LogP contribution in [0.2, 0.25) is 10.0 Å². The maximum atomic E-state index is 13.0. The third kappa shape index (κ3) is 7.84. The highest BCUT2D eigenvalue weighted by Crippen LogP contribution is 2.49. The second kappa shape index (κ2) is 13.0. The summed E-state index contributed by atoms with van der Waals surface area (Å²) in [5.74, 6) is -0.731. The average molecular weight is 630 g/mol. The fourth-order valence-electron chi connectivity index (χ4n) is 3.92. The van der Waals surface area contributed by atoms with Gasteiger partial charge in [-0.3, -0.25) is 19.6 Å². The van der Waals surface area contributed by atoms with Crippen molar-refractivity contribution in [1.82, 2.24) is 10.3 Å². The number of halogens is 5. The molecule has 1 unspecified atom stereocenters. The van der Waals surface area contributed by atoms with Crippen LogP contribution in [0.15, 0.2) is 65.6 Å². The Morgan fingerprint density at radius 2 is 1.63 bits per heavy atom. The van der Waals surface area contributed by atoms with Crippen LogP contribution in [0.1, 0.15) is 12.5 Å². The van der Waals surface area contributed by atoms with E-state index in [1.54, 1.807) is 48.1 Å². The first kappa shape index (κ1) is 30.5. The molecule has 3 aromatic rings. The molecule has 3 aromatic carbocycles. The van der Waals surface area contributed by atoms with Gasteiger partial charge in [0, 0.05) is 27.6 Å². The van der Waals surface area contributed by atoms with E-state index in [-0.39, 0.29) is 24.3 Å². The number of nitrogens with zero attached hydrogens (tertiary/aromatic N) is 2. The number of nitrogens with one attached hydrogen (secondary N) is 1. The lowest BCUT2D eigenvalue weighted by molar-refractivity contribution is -0.274. The van der Waals surface area contributed by atoms with Crippen molar-refractivity contribution in [3.8, 4) is 17.2 Å². The minimum Gasteiger partial charge on any atom is -0.487 e. The number of benzene rings is 3. The summed E-state index contributed by atoms with van der Waals surface area (Å²) in [7, 11) is 1.59. The fraction of sp³-hybridized carbons (Fsp3) is 0.259. The normalized spacial score (nSPS) is 14.3.